The van der Waals surface area contributed by atoms with E-state index in [9.17, 15) is 23.5 Å². The van der Waals surface area contributed by atoms with Crippen molar-refractivity contribution in [2.75, 3.05) is 30.4 Å². The second-order valence-electron chi connectivity index (χ2n) is 7.84. The molecule has 1 fully saturated rings. The van der Waals surface area contributed by atoms with Gasteiger partial charge in [-0.05, 0) is 35.7 Å². The zero-order valence-electron chi connectivity index (χ0n) is 18.6. The van der Waals surface area contributed by atoms with Crippen molar-refractivity contribution >= 4 is 29.6 Å². The van der Waals surface area contributed by atoms with E-state index in [1.54, 1.807) is 42.6 Å². The van der Waals surface area contributed by atoms with Gasteiger partial charge in [0.1, 0.15) is 16.9 Å². The number of carboxylic acid groups (broad SMARTS) is 1. The summed E-state index contributed by atoms with van der Waals surface area (Å²) in [6, 6.07) is 11.4. The number of aromatic nitrogens is 3. The summed E-state index contributed by atoms with van der Waals surface area (Å²) in [5.74, 6) is -0.00650. The summed E-state index contributed by atoms with van der Waals surface area (Å²) in [7, 11) is 0. The fraction of sp³-hybridized carbons (Fsp3) is 0.304. The Morgan fingerprint density at radius 3 is 2.74 bits per heavy atom. The molecule has 0 aliphatic carbocycles. The highest BCUT2D eigenvalue weighted by atomic mass is 32.2. The third-order valence-electron chi connectivity index (χ3n) is 5.42. The van der Waals surface area contributed by atoms with E-state index in [4.69, 9.17) is 4.74 Å². The molecule has 2 amide bonds. The van der Waals surface area contributed by atoms with E-state index in [2.05, 4.69) is 15.4 Å². The zero-order chi connectivity index (χ0) is 24.8. The minimum absolute atomic E-state index is 0.0996. The van der Waals surface area contributed by atoms with Crippen molar-refractivity contribution < 1.29 is 28.2 Å². The van der Waals surface area contributed by atoms with Crippen molar-refractivity contribution in [2.24, 2.45) is 0 Å². The van der Waals surface area contributed by atoms with Crippen molar-refractivity contribution in [1.82, 2.24) is 20.3 Å². The molecule has 0 bridgehead atoms. The smallest absolute Gasteiger partial charge is 0.414 e. The summed E-state index contributed by atoms with van der Waals surface area (Å²) in [4.78, 5) is 26.2. The molecule has 1 unspecified atom stereocenters. The first-order valence-electron chi connectivity index (χ1n) is 10.8. The molecule has 0 spiro atoms. The highest BCUT2D eigenvalue weighted by molar-refractivity contribution is 7.99. The number of carbonyl (C=O) groups is 2. The SMILES string of the molecule is O=C(O)N(CCCF)Cc1ccc(-c2ccc(N3CC(CSc4cn[nH]n4)OC3=O)cc2F)cc1. The Balaban J connectivity index is 1.40. The molecule has 12 heteroatoms. The van der Waals surface area contributed by atoms with Gasteiger partial charge < -0.3 is 14.7 Å². The van der Waals surface area contributed by atoms with Crippen LogP contribution in [0.5, 0.6) is 0 Å². The van der Waals surface area contributed by atoms with Gasteiger partial charge in [-0.2, -0.15) is 10.3 Å². The van der Waals surface area contributed by atoms with E-state index in [0.717, 1.165) is 4.90 Å². The molecular formula is C23H23F2N5O4S. The van der Waals surface area contributed by atoms with E-state index in [1.807, 2.05) is 0 Å². The third-order valence-corrected chi connectivity index (χ3v) is 6.45. The molecule has 2 heterocycles. The number of hydrogen-bond acceptors (Lipinski definition) is 6. The van der Waals surface area contributed by atoms with Crippen molar-refractivity contribution in [3.05, 3.63) is 60.0 Å². The van der Waals surface area contributed by atoms with Crippen LogP contribution >= 0.6 is 11.8 Å². The lowest BCUT2D eigenvalue weighted by Gasteiger charge is -2.19. The number of carbonyl (C=O) groups excluding carboxylic acids is 1. The number of rotatable bonds is 10. The molecule has 4 rings (SSSR count). The molecular weight excluding hydrogens is 480 g/mol. The van der Waals surface area contributed by atoms with Crippen LogP contribution in [0.1, 0.15) is 12.0 Å². The first-order valence-corrected chi connectivity index (χ1v) is 11.8. The van der Waals surface area contributed by atoms with Crippen LogP contribution < -0.4 is 4.90 Å². The number of thioether (sulfide) groups is 1. The van der Waals surface area contributed by atoms with Crippen molar-refractivity contribution in [1.29, 1.82) is 0 Å². The highest BCUT2D eigenvalue weighted by Gasteiger charge is 2.33. The molecule has 2 aromatic carbocycles. The van der Waals surface area contributed by atoms with E-state index in [1.165, 1.54) is 22.7 Å². The van der Waals surface area contributed by atoms with Gasteiger partial charge in [-0.3, -0.25) is 9.29 Å². The first-order chi connectivity index (χ1) is 16.9. The Kier molecular flexibility index (Phi) is 7.80. The number of nitrogens with one attached hydrogen (secondary N) is 1. The molecule has 1 aliphatic rings. The number of alkyl halides is 1. The maximum atomic E-state index is 15.0. The molecule has 9 nitrogen and oxygen atoms in total. The predicted molar refractivity (Wildman–Crippen MR) is 126 cm³/mol. The Morgan fingerprint density at radius 2 is 2.09 bits per heavy atom. The minimum Gasteiger partial charge on any atom is -0.465 e. The maximum absolute atomic E-state index is 15.0. The fourth-order valence-corrected chi connectivity index (χ4v) is 4.43. The quantitative estimate of drug-likeness (QED) is 0.390. The van der Waals surface area contributed by atoms with Crippen LogP contribution in [0.4, 0.5) is 24.1 Å². The topological polar surface area (TPSA) is 112 Å². The van der Waals surface area contributed by atoms with Crippen LogP contribution in [-0.4, -0.2) is 69.2 Å². The van der Waals surface area contributed by atoms with Gasteiger partial charge in [0.05, 0.1) is 25.1 Å². The lowest BCUT2D eigenvalue weighted by Crippen LogP contribution is -2.30. The summed E-state index contributed by atoms with van der Waals surface area (Å²) in [5.41, 5.74) is 2.06. The van der Waals surface area contributed by atoms with Gasteiger partial charge in [-0.25, -0.2) is 14.0 Å². The van der Waals surface area contributed by atoms with E-state index >= 15 is 0 Å². The van der Waals surface area contributed by atoms with Gasteiger partial charge in [-0.1, -0.05) is 36.0 Å². The molecule has 1 saturated heterocycles. The molecule has 35 heavy (non-hydrogen) atoms. The van der Waals surface area contributed by atoms with Gasteiger partial charge in [0.2, 0.25) is 0 Å². The first kappa shape index (κ1) is 24.5. The van der Waals surface area contributed by atoms with Crippen LogP contribution in [0.25, 0.3) is 11.1 Å². The van der Waals surface area contributed by atoms with Gasteiger partial charge in [0.15, 0.2) is 0 Å². The molecule has 2 N–H and O–H groups in total. The van der Waals surface area contributed by atoms with Crippen molar-refractivity contribution in [2.45, 2.75) is 24.1 Å². The average Bonchev–Trinajstić information content (AvgIpc) is 3.50. The summed E-state index contributed by atoms with van der Waals surface area (Å²) in [5, 5.41) is 20.1. The second kappa shape index (κ2) is 11.2. The number of halogens is 2. The predicted octanol–water partition coefficient (Wildman–Crippen LogP) is 4.57. The summed E-state index contributed by atoms with van der Waals surface area (Å²) >= 11 is 1.40. The van der Waals surface area contributed by atoms with Crippen LogP contribution in [0.3, 0.4) is 0 Å². The second-order valence-corrected chi connectivity index (χ2v) is 8.88. The van der Waals surface area contributed by atoms with Gasteiger partial charge in [0.25, 0.3) is 0 Å². The number of anilines is 1. The van der Waals surface area contributed by atoms with Gasteiger partial charge in [0, 0.05) is 24.4 Å². The summed E-state index contributed by atoms with van der Waals surface area (Å²) < 4.78 is 32.8. The molecule has 1 aliphatic heterocycles. The normalized spacial score (nSPS) is 15.3. The van der Waals surface area contributed by atoms with E-state index in [0.29, 0.717) is 39.7 Å². The largest absolute Gasteiger partial charge is 0.465 e. The molecule has 3 aromatic rings. The van der Waals surface area contributed by atoms with E-state index in [-0.39, 0.29) is 25.6 Å². The number of H-pyrrole nitrogens is 1. The van der Waals surface area contributed by atoms with Gasteiger partial charge >= 0.3 is 12.2 Å². The Bertz CT molecular complexity index is 1160. The van der Waals surface area contributed by atoms with Crippen LogP contribution in [-0.2, 0) is 11.3 Å². The number of nitrogens with zero attached hydrogens (tertiary/aromatic N) is 4. The third kappa shape index (κ3) is 6.07. The number of ether oxygens (including phenoxy) is 1. The summed E-state index contributed by atoms with van der Waals surface area (Å²) in [6.45, 7) is -0.0816. The molecule has 1 aromatic heterocycles. The van der Waals surface area contributed by atoms with Crippen molar-refractivity contribution in [3.8, 4) is 11.1 Å². The van der Waals surface area contributed by atoms with Crippen molar-refractivity contribution in [3.63, 3.8) is 0 Å². The maximum Gasteiger partial charge on any atom is 0.414 e. The number of aromatic amines is 1. The van der Waals surface area contributed by atoms with Crippen LogP contribution in [0.15, 0.2) is 53.7 Å². The van der Waals surface area contributed by atoms with Crippen LogP contribution in [0.2, 0.25) is 0 Å². The highest BCUT2D eigenvalue weighted by Crippen LogP contribution is 2.30. The molecule has 184 valence electrons. The van der Waals surface area contributed by atoms with Crippen LogP contribution in [0, 0.1) is 5.82 Å². The number of amides is 2. The van der Waals surface area contributed by atoms with E-state index < -0.39 is 24.7 Å². The average molecular weight is 504 g/mol. The van der Waals surface area contributed by atoms with Gasteiger partial charge in [-0.15, -0.1) is 5.10 Å². The zero-order valence-corrected chi connectivity index (χ0v) is 19.4. The summed E-state index contributed by atoms with van der Waals surface area (Å²) in [6.07, 6.45) is -0.316. The Morgan fingerprint density at radius 1 is 1.29 bits per heavy atom. The number of benzene rings is 2. The standard InChI is InChI=1S/C23H23F2N5O4S/c24-8-1-9-29(22(31)32)12-15-2-4-16(5-3-15)19-7-6-17(10-20(19)25)30-13-18(34-23(30)33)14-35-21-11-26-28-27-21/h2-7,10-11,18H,1,8-9,12-14H2,(H,31,32)(H,26,27,28). The number of hydrogen-bond donors (Lipinski definition) is 2. The molecule has 0 saturated carbocycles. The molecule has 1 atom stereocenters. The Hall–Kier alpha value is -3.67. The molecule has 0 radical (unpaired) electrons. The fourth-order valence-electron chi connectivity index (χ4n) is 3.67. The Labute approximate surface area is 204 Å². The number of cyclic esters (lactones) is 1. The lowest BCUT2D eigenvalue weighted by molar-refractivity contribution is 0.140. The lowest BCUT2D eigenvalue weighted by atomic mass is 10.0. The monoisotopic (exact) mass is 503 g/mol. The minimum atomic E-state index is -1.12.